The number of hydrogen-bond acceptors (Lipinski definition) is 5. The van der Waals surface area contributed by atoms with Crippen molar-refractivity contribution in [1.82, 2.24) is 0 Å². The zero-order valence-electron chi connectivity index (χ0n) is 18.0. The summed E-state index contributed by atoms with van der Waals surface area (Å²) in [6, 6.07) is 0. The lowest BCUT2D eigenvalue weighted by Gasteiger charge is -2.62. The SMILES string of the molecule is CC1(C)[C@H](O)CC[C@@]2(C)[C@@H]1CC[C@](C)(O)[C@@H]2COC1=C[C@@H]2OC(=O)CC=C2C=C1. The van der Waals surface area contributed by atoms with Crippen LogP contribution in [0.25, 0.3) is 0 Å². The molecule has 6 atom stereocenters. The van der Waals surface area contributed by atoms with E-state index in [1.165, 1.54) is 0 Å². The molecule has 0 bridgehead atoms. The van der Waals surface area contributed by atoms with Gasteiger partial charge in [0, 0.05) is 12.0 Å². The van der Waals surface area contributed by atoms with Crippen molar-refractivity contribution in [3.63, 3.8) is 0 Å². The second kappa shape index (κ2) is 6.98. The summed E-state index contributed by atoms with van der Waals surface area (Å²) in [6.45, 7) is 8.92. The third-order valence-corrected chi connectivity index (χ3v) is 8.26. The molecule has 0 aromatic carbocycles. The largest absolute Gasteiger partial charge is 0.493 e. The quantitative estimate of drug-likeness (QED) is 0.705. The molecule has 0 amide bonds. The molecule has 4 aliphatic rings. The van der Waals surface area contributed by atoms with Crippen LogP contribution in [0.3, 0.4) is 0 Å². The molecule has 2 fully saturated rings. The third kappa shape index (κ3) is 3.46. The van der Waals surface area contributed by atoms with Gasteiger partial charge in [-0.05, 0) is 61.0 Å². The minimum Gasteiger partial charge on any atom is -0.493 e. The van der Waals surface area contributed by atoms with Crippen LogP contribution in [0.2, 0.25) is 0 Å². The van der Waals surface area contributed by atoms with Crippen molar-refractivity contribution in [3.8, 4) is 0 Å². The van der Waals surface area contributed by atoms with Gasteiger partial charge < -0.3 is 19.7 Å². The van der Waals surface area contributed by atoms with E-state index in [4.69, 9.17) is 9.47 Å². The highest BCUT2D eigenvalue weighted by Gasteiger charge is 2.60. The number of esters is 1. The molecule has 3 aliphatic carbocycles. The van der Waals surface area contributed by atoms with E-state index >= 15 is 0 Å². The number of carbonyl (C=O) groups is 1. The van der Waals surface area contributed by atoms with Gasteiger partial charge in [0.2, 0.25) is 0 Å². The number of carbonyl (C=O) groups excluding carboxylic acids is 1. The van der Waals surface area contributed by atoms with Gasteiger partial charge in [-0.2, -0.15) is 0 Å². The molecular weight excluding hydrogens is 368 g/mol. The topological polar surface area (TPSA) is 76.0 Å². The molecule has 0 aromatic heterocycles. The fraction of sp³-hybridized carbons (Fsp3) is 0.708. The summed E-state index contributed by atoms with van der Waals surface area (Å²) in [6.07, 6.45) is 10.5. The fourth-order valence-electron chi connectivity index (χ4n) is 6.41. The molecule has 2 N–H and O–H groups in total. The Kier molecular flexibility index (Phi) is 4.98. The zero-order valence-corrected chi connectivity index (χ0v) is 18.0. The Labute approximate surface area is 173 Å². The highest BCUT2D eigenvalue weighted by atomic mass is 16.5. The summed E-state index contributed by atoms with van der Waals surface area (Å²) < 4.78 is 11.6. The Balaban J connectivity index is 1.54. The first-order valence-electron chi connectivity index (χ1n) is 10.9. The van der Waals surface area contributed by atoms with Crippen LogP contribution < -0.4 is 0 Å². The number of hydrogen-bond donors (Lipinski definition) is 2. The second-order valence-electron chi connectivity index (χ2n) is 10.4. The minimum absolute atomic E-state index is 0.0410. The second-order valence-corrected chi connectivity index (χ2v) is 10.4. The van der Waals surface area contributed by atoms with Gasteiger partial charge in [-0.25, -0.2) is 0 Å². The molecule has 0 unspecified atom stereocenters. The first kappa shape index (κ1) is 20.7. The van der Waals surface area contributed by atoms with Gasteiger partial charge >= 0.3 is 5.97 Å². The number of fused-ring (bicyclic) bond motifs is 2. The van der Waals surface area contributed by atoms with Crippen molar-refractivity contribution in [2.24, 2.45) is 22.7 Å². The summed E-state index contributed by atoms with van der Waals surface area (Å²) in [5, 5.41) is 21.9. The molecular formula is C24H34O5. The summed E-state index contributed by atoms with van der Waals surface area (Å²) in [5.74, 6) is 0.745. The van der Waals surface area contributed by atoms with Crippen molar-refractivity contribution in [2.75, 3.05) is 6.61 Å². The Morgan fingerprint density at radius 1 is 1.17 bits per heavy atom. The lowest BCUT2D eigenvalue weighted by atomic mass is 9.45. The van der Waals surface area contributed by atoms with Crippen LogP contribution in [0.15, 0.2) is 35.6 Å². The van der Waals surface area contributed by atoms with Crippen LogP contribution in [-0.4, -0.2) is 40.6 Å². The molecule has 5 nitrogen and oxygen atoms in total. The predicted octanol–water partition coefficient (Wildman–Crippen LogP) is 3.66. The third-order valence-electron chi connectivity index (χ3n) is 8.26. The van der Waals surface area contributed by atoms with Crippen LogP contribution in [0, 0.1) is 22.7 Å². The van der Waals surface area contributed by atoms with E-state index in [1.807, 2.05) is 31.2 Å². The Morgan fingerprint density at radius 2 is 1.93 bits per heavy atom. The molecule has 1 aliphatic heterocycles. The Bertz CT molecular complexity index is 774. The van der Waals surface area contributed by atoms with E-state index in [0.29, 0.717) is 31.1 Å². The standard InChI is InChI=1S/C24H34O5/c1-22(2)18-9-12-24(4,27)19(23(18,3)11-10-20(22)25)14-28-16-7-5-15-6-8-21(26)29-17(15)13-16/h5-7,13,17-20,25,27H,8-12,14H2,1-4H3/t17-,18+,19+,20+,23-,24-/m0/s1. The summed E-state index contributed by atoms with van der Waals surface area (Å²) in [7, 11) is 0. The van der Waals surface area contributed by atoms with Gasteiger partial charge in [0.05, 0.1) is 24.7 Å². The van der Waals surface area contributed by atoms with E-state index < -0.39 is 5.60 Å². The number of rotatable bonds is 3. The smallest absolute Gasteiger partial charge is 0.310 e. The maximum absolute atomic E-state index is 11.6. The fourth-order valence-corrected chi connectivity index (χ4v) is 6.41. The highest BCUT2D eigenvalue weighted by Crippen LogP contribution is 2.62. The summed E-state index contributed by atoms with van der Waals surface area (Å²) >= 11 is 0. The molecule has 0 spiro atoms. The van der Waals surface area contributed by atoms with E-state index in [1.54, 1.807) is 0 Å². The van der Waals surface area contributed by atoms with Gasteiger partial charge in [-0.1, -0.05) is 32.9 Å². The maximum atomic E-state index is 11.6. The lowest BCUT2D eigenvalue weighted by Crippen LogP contribution is -2.61. The monoisotopic (exact) mass is 402 g/mol. The van der Waals surface area contributed by atoms with Gasteiger partial charge in [0.1, 0.15) is 11.9 Å². The van der Waals surface area contributed by atoms with Crippen molar-refractivity contribution >= 4 is 5.97 Å². The molecule has 0 aromatic rings. The first-order chi connectivity index (χ1) is 13.5. The Morgan fingerprint density at radius 3 is 2.69 bits per heavy atom. The van der Waals surface area contributed by atoms with Crippen LogP contribution >= 0.6 is 0 Å². The molecule has 5 heteroatoms. The molecule has 160 valence electrons. The van der Waals surface area contributed by atoms with E-state index in [9.17, 15) is 15.0 Å². The number of ether oxygens (including phenoxy) is 2. The normalized spacial score (nSPS) is 43.4. The highest BCUT2D eigenvalue weighted by molar-refractivity contribution is 5.74. The number of allylic oxidation sites excluding steroid dienone is 1. The molecule has 29 heavy (non-hydrogen) atoms. The predicted molar refractivity (Wildman–Crippen MR) is 110 cm³/mol. The van der Waals surface area contributed by atoms with Gasteiger partial charge in [0.15, 0.2) is 0 Å². The maximum Gasteiger partial charge on any atom is 0.310 e. The van der Waals surface area contributed by atoms with Crippen molar-refractivity contribution in [1.29, 1.82) is 0 Å². The van der Waals surface area contributed by atoms with Crippen LogP contribution in [-0.2, 0) is 14.3 Å². The molecule has 4 rings (SSSR count). The zero-order chi connectivity index (χ0) is 21.0. The first-order valence-corrected chi connectivity index (χ1v) is 10.9. The van der Waals surface area contributed by atoms with Crippen molar-refractivity contribution < 1.29 is 24.5 Å². The van der Waals surface area contributed by atoms with Crippen molar-refractivity contribution in [3.05, 3.63) is 35.6 Å². The van der Waals surface area contributed by atoms with Crippen LogP contribution in [0.4, 0.5) is 0 Å². The molecule has 0 saturated heterocycles. The lowest BCUT2D eigenvalue weighted by molar-refractivity contribution is -0.204. The molecule has 2 saturated carbocycles. The minimum atomic E-state index is -0.815. The Hall–Kier alpha value is -1.59. The van der Waals surface area contributed by atoms with Crippen molar-refractivity contribution in [2.45, 2.75) is 77.6 Å². The van der Waals surface area contributed by atoms with Crippen LogP contribution in [0.1, 0.15) is 59.8 Å². The average molecular weight is 403 g/mol. The molecule has 1 heterocycles. The van der Waals surface area contributed by atoms with Gasteiger partial charge in [0.25, 0.3) is 0 Å². The van der Waals surface area contributed by atoms with Gasteiger partial charge in [-0.3, -0.25) is 4.79 Å². The van der Waals surface area contributed by atoms with E-state index in [-0.39, 0.29) is 34.9 Å². The number of aliphatic hydroxyl groups excluding tert-OH is 1. The number of aliphatic hydroxyl groups is 2. The van der Waals surface area contributed by atoms with E-state index in [2.05, 4.69) is 20.8 Å². The van der Waals surface area contributed by atoms with Gasteiger partial charge in [-0.15, -0.1) is 0 Å². The van der Waals surface area contributed by atoms with E-state index in [0.717, 1.165) is 24.8 Å². The molecule has 0 radical (unpaired) electrons. The summed E-state index contributed by atoms with van der Waals surface area (Å²) in [4.78, 5) is 11.6. The van der Waals surface area contributed by atoms with Crippen LogP contribution in [0.5, 0.6) is 0 Å². The summed E-state index contributed by atoms with van der Waals surface area (Å²) in [5.41, 5.74) is -0.116. The average Bonchev–Trinajstić information content (AvgIpc) is 2.64.